The number of alkyl halides is 3. The van der Waals surface area contributed by atoms with E-state index in [1.165, 1.54) is 0 Å². The van der Waals surface area contributed by atoms with E-state index in [9.17, 15) is 13.2 Å². The first-order valence-corrected chi connectivity index (χ1v) is 4.55. The fourth-order valence-corrected chi connectivity index (χ4v) is 1.38. The topological polar surface area (TPSA) is 12.0 Å². The minimum atomic E-state index is -4.04. The lowest BCUT2D eigenvalue weighted by Crippen LogP contribution is -2.31. The van der Waals surface area contributed by atoms with Crippen LogP contribution in [-0.4, -0.2) is 18.8 Å². The summed E-state index contributed by atoms with van der Waals surface area (Å²) in [5.74, 6) is 0. The fraction of sp³-hybridized carbons (Fsp3) is 0.778. The van der Waals surface area contributed by atoms with Crippen LogP contribution in [-0.2, 0) is 0 Å². The molecule has 1 aliphatic rings. The molecular formula is C9H14F3N. The lowest BCUT2D eigenvalue weighted by Gasteiger charge is -2.18. The van der Waals surface area contributed by atoms with E-state index in [0.717, 1.165) is 19.3 Å². The molecule has 0 saturated carbocycles. The number of allylic oxidation sites excluding steroid dienone is 1. The van der Waals surface area contributed by atoms with Crippen LogP contribution in [0.3, 0.4) is 0 Å². The van der Waals surface area contributed by atoms with Gasteiger partial charge >= 0.3 is 6.18 Å². The van der Waals surface area contributed by atoms with E-state index < -0.39 is 12.6 Å². The monoisotopic (exact) mass is 193 g/mol. The van der Waals surface area contributed by atoms with Crippen molar-refractivity contribution in [1.29, 1.82) is 0 Å². The number of nitrogens with one attached hydrogen (secondary N) is 1. The summed E-state index contributed by atoms with van der Waals surface area (Å²) in [5.41, 5.74) is 0. The van der Waals surface area contributed by atoms with Crippen LogP contribution in [0.1, 0.15) is 25.7 Å². The summed E-state index contributed by atoms with van der Waals surface area (Å²) < 4.78 is 35.3. The second kappa shape index (κ2) is 4.65. The molecule has 1 rings (SSSR count). The van der Waals surface area contributed by atoms with Gasteiger partial charge < -0.3 is 5.32 Å². The Bertz CT molecular complexity index is 174. The van der Waals surface area contributed by atoms with Crippen LogP contribution in [0.5, 0.6) is 0 Å². The highest BCUT2D eigenvalue weighted by atomic mass is 19.4. The summed E-state index contributed by atoms with van der Waals surface area (Å²) in [4.78, 5) is 0. The standard InChI is InChI=1S/C9H14F3N/c10-9(11,12)6-7-13-8-4-2-1-3-5-8/h2,4,8,13H,1,3,5-7H2. The molecule has 1 unspecified atom stereocenters. The van der Waals surface area contributed by atoms with Crippen LogP contribution >= 0.6 is 0 Å². The highest BCUT2D eigenvalue weighted by Gasteiger charge is 2.26. The molecule has 13 heavy (non-hydrogen) atoms. The largest absolute Gasteiger partial charge is 0.390 e. The molecule has 0 radical (unpaired) electrons. The zero-order valence-electron chi connectivity index (χ0n) is 7.40. The van der Waals surface area contributed by atoms with Gasteiger partial charge in [0.1, 0.15) is 0 Å². The van der Waals surface area contributed by atoms with Gasteiger partial charge in [0.25, 0.3) is 0 Å². The molecule has 76 valence electrons. The minimum absolute atomic E-state index is 0.0263. The Morgan fingerprint density at radius 2 is 2.15 bits per heavy atom. The van der Waals surface area contributed by atoms with E-state index in [1.54, 1.807) is 0 Å². The van der Waals surface area contributed by atoms with Gasteiger partial charge in [0.15, 0.2) is 0 Å². The molecule has 1 nitrogen and oxygen atoms in total. The van der Waals surface area contributed by atoms with Gasteiger partial charge in [0.05, 0.1) is 6.42 Å². The first kappa shape index (κ1) is 10.6. The third-order valence-corrected chi connectivity index (χ3v) is 2.07. The third-order valence-electron chi connectivity index (χ3n) is 2.07. The molecular weight excluding hydrogens is 179 g/mol. The van der Waals surface area contributed by atoms with Gasteiger partial charge in [-0.15, -0.1) is 0 Å². The highest BCUT2D eigenvalue weighted by molar-refractivity contribution is 4.97. The SMILES string of the molecule is FC(F)(F)CCNC1C=CCCC1. The first-order chi connectivity index (χ1) is 6.08. The Balaban J connectivity index is 2.12. The van der Waals surface area contributed by atoms with Gasteiger partial charge in [-0.1, -0.05) is 12.2 Å². The molecule has 0 amide bonds. The van der Waals surface area contributed by atoms with Crippen LogP contribution < -0.4 is 5.32 Å². The van der Waals surface area contributed by atoms with Crippen molar-refractivity contribution in [3.8, 4) is 0 Å². The summed E-state index contributed by atoms with van der Waals surface area (Å²) in [6.07, 6.45) is 2.28. The number of rotatable bonds is 3. The van der Waals surface area contributed by atoms with Crippen molar-refractivity contribution in [2.45, 2.75) is 37.9 Å². The van der Waals surface area contributed by atoms with Crippen molar-refractivity contribution in [3.63, 3.8) is 0 Å². The van der Waals surface area contributed by atoms with Crippen LogP contribution in [0, 0.1) is 0 Å². The molecule has 0 aliphatic heterocycles. The molecule has 0 aromatic rings. The Morgan fingerprint density at radius 1 is 1.38 bits per heavy atom. The van der Waals surface area contributed by atoms with Gasteiger partial charge in [0.2, 0.25) is 0 Å². The molecule has 4 heteroatoms. The van der Waals surface area contributed by atoms with Crippen LogP contribution in [0.15, 0.2) is 12.2 Å². The average Bonchev–Trinajstić information content (AvgIpc) is 2.04. The number of halogens is 3. The summed E-state index contributed by atoms with van der Waals surface area (Å²) in [7, 11) is 0. The molecule has 1 atom stereocenters. The summed E-state index contributed by atoms with van der Waals surface area (Å²) >= 11 is 0. The quantitative estimate of drug-likeness (QED) is 0.679. The van der Waals surface area contributed by atoms with Crippen molar-refractivity contribution in [2.75, 3.05) is 6.54 Å². The van der Waals surface area contributed by atoms with Crippen LogP contribution in [0.2, 0.25) is 0 Å². The van der Waals surface area contributed by atoms with Crippen molar-refractivity contribution in [2.24, 2.45) is 0 Å². The van der Waals surface area contributed by atoms with E-state index in [4.69, 9.17) is 0 Å². The third kappa shape index (κ3) is 4.93. The van der Waals surface area contributed by atoms with Crippen molar-refractivity contribution >= 4 is 0 Å². The average molecular weight is 193 g/mol. The summed E-state index contributed by atoms with van der Waals surface area (Å²) in [6, 6.07) is 0.149. The molecule has 1 N–H and O–H groups in total. The maximum absolute atomic E-state index is 11.8. The van der Waals surface area contributed by atoms with Gasteiger partial charge in [-0.05, 0) is 19.3 Å². The second-order valence-corrected chi connectivity index (χ2v) is 3.28. The molecule has 0 bridgehead atoms. The van der Waals surface area contributed by atoms with Crippen molar-refractivity contribution < 1.29 is 13.2 Å². The molecule has 0 saturated heterocycles. The van der Waals surface area contributed by atoms with Crippen molar-refractivity contribution in [3.05, 3.63) is 12.2 Å². The fourth-order valence-electron chi connectivity index (χ4n) is 1.38. The van der Waals surface area contributed by atoms with Crippen LogP contribution in [0.25, 0.3) is 0 Å². The lowest BCUT2D eigenvalue weighted by molar-refractivity contribution is -0.133. The molecule has 0 aromatic carbocycles. The Kier molecular flexibility index (Phi) is 3.78. The van der Waals surface area contributed by atoms with Gasteiger partial charge in [-0.25, -0.2) is 0 Å². The molecule has 1 aliphatic carbocycles. The molecule has 0 fully saturated rings. The number of hydrogen-bond donors (Lipinski definition) is 1. The Morgan fingerprint density at radius 3 is 2.69 bits per heavy atom. The molecule has 0 heterocycles. The second-order valence-electron chi connectivity index (χ2n) is 3.28. The van der Waals surface area contributed by atoms with E-state index in [-0.39, 0.29) is 12.6 Å². The van der Waals surface area contributed by atoms with Gasteiger partial charge in [-0.3, -0.25) is 0 Å². The van der Waals surface area contributed by atoms with E-state index in [0.29, 0.717) is 0 Å². The van der Waals surface area contributed by atoms with Crippen molar-refractivity contribution in [1.82, 2.24) is 5.32 Å². The maximum Gasteiger partial charge on any atom is 0.390 e. The first-order valence-electron chi connectivity index (χ1n) is 4.55. The zero-order chi connectivity index (χ0) is 9.73. The number of hydrogen-bond acceptors (Lipinski definition) is 1. The predicted octanol–water partition coefficient (Wildman–Crippen LogP) is 2.64. The maximum atomic E-state index is 11.8. The van der Waals surface area contributed by atoms with Crippen LogP contribution in [0.4, 0.5) is 13.2 Å². The summed E-state index contributed by atoms with van der Waals surface area (Å²) in [5, 5.41) is 2.87. The highest BCUT2D eigenvalue weighted by Crippen LogP contribution is 2.18. The van der Waals surface area contributed by atoms with Gasteiger partial charge in [0, 0.05) is 12.6 Å². The van der Waals surface area contributed by atoms with Gasteiger partial charge in [-0.2, -0.15) is 13.2 Å². The smallest absolute Gasteiger partial charge is 0.310 e. The molecule has 0 aromatic heterocycles. The molecule has 0 spiro atoms. The summed E-state index contributed by atoms with van der Waals surface area (Å²) in [6.45, 7) is 0.0263. The Hall–Kier alpha value is -0.510. The zero-order valence-corrected chi connectivity index (χ0v) is 7.40. The lowest BCUT2D eigenvalue weighted by atomic mass is 10.0. The normalized spacial score (nSPS) is 23.5. The minimum Gasteiger partial charge on any atom is -0.310 e. The van der Waals surface area contributed by atoms with E-state index in [1.807, 2.05) is 12.2 Å². The Labute approximate surface area is 76.0 Å². The van der Waals surface area contributed by atoms with E-state index >= 15 is 0 Å². The van der Waals surface area contributed by atoms with E-state index in [2.05, 4.69) is 5.32 Å². The predicted molar refractivity (Wildman–Crippen MR) is 45.5 cm³/mol.